The van der Waals surface area contributed by atoms with Gasteiger partial charge in [-0.25, -0.2) is 9.78 Å². The second-order valence-electron chi connectivity index (χ2n) is 5.23. The number of rotatable bonds is 3. The van der Waals surface area contributed by atoms with Gasteiger partial charge in [-0.1, -0.05) is 28.1 Å². The van der Waals surface area contributed by atoms with Crippen molar-refractivity contribution in [2.24, 2.45) is 0 Å². The van der Waals surface area contributed by atoms with E-state index in [2.05, 4.69) is 31.5 Å². The molecule has 2 N–H and O–H groups in total. The predicted octanol–water partition coefficient (Wildman–Crippen LogP) is 3.81. The summed E-state index contributed by atoms with van der Waals surface area (Å²) in [6.07, 6.45) is 0.698. The molecule has 1 aromatic heterocycles. The number of nitrogens with zero attached hydrogens (tertiary/aromatic N) is 2. The van der Waals surface area contributed by atoms with Gasteiger partial charge in [0, 0.05) is 34.5 Å². The first kappa shape index (κ1) is 15.3. The Bertz CT molecular complexity index is 651. The number of carboxylic acid groups (broad SMARTS) is 1. The van der Waals surface area contributed by atoms with Gasteiger partial charge < -0.3 is 15.3 Å². The maximum atomic E-state index is 10.7. The molecule has 1 aromatic carbocycles. The van der Waals surface area contributed by atoms with Gasteiger partial charge in [0.15, 0.2) is 5.13 Å². The molecule has 0 spiro atoms. The fraction of sp³-hybridized carbons (Fsp3) is 0.333. The third kappa shape index (κ3) is 3.59. The molecule has 3 rings (SSSR count). The van der Waals surface area contributed by atoms with Crippen molar-refractivity contribution in [3.63, 3.8) is 0 Å². The van der Waals surface area contributed by atoms with Gasteiger partial charge >= 0.3 is 6.09 Å². The molecule has 0 atom stereocenters. The second-order valence-corrected chi connectivity index (χ2v) is 6.99. The highest BCUT2D eigenvalue weighted by atomic mass is 79.9. The quantitative estimate of drug-likeness (QED) is 0.848. The lowest BCUT2D eigenvalue weighted by molar-refractivity contribution is 0.187. The smallest absolute Gasteiger partial charge is 0.404 e. The Hall–Kier alpha value is -1.60. The minimum Gasteiger partial charge on any atom is -0.465 e. The van der Waals surface area contributed by atoms with Crippen molar-refractivity contribution in [1.29, 1.82) is 0 Å². The Morgan fingerprint density at radius 2 is 2.00 bits per heavy atom. The summed E-state index contributed by atoms with van der Waals surface area (Å²) in [5.41, 5.74) is 2.09. The van der Waals surface area contributed by atoms with Crippen molar-refractivity contribution in [2.45, 2.75) is 18.9 Å². The van der Waals surface area contributed by atoms with Crippen LogP contribution in [0.5, 0.6) is 0 Å². The van der Waals surface area contributed by atoms with Crippen LogP contribution in [0.4, 0.5) is 9.93 Å². The van der Waals surface area contributed by atoms with E-state index in [1.807, 2.05) is 24.3 Å². The van der Waals surface area contributed by atoms with Crippen LogP contribution in [0.15, 0.2) is 34.1 Å². The van der Waals surface area contributed by atoms with E-state index in [4.69, 9.17) is 10.1 Å². The van der Waals surface area contributed by atoms with Gasteiger partial charge in [0.1, 0.15) is 0 Å². The van der Waals surface area contributed by atoms with Gasteiger partial charge in [-0.2, -0.15) is 0 Å². The summed E-state index contributed by atoms with van der Waals surface area (Å²) in [6, 6.07) is 8.17. The van der Waals surface area contributed by atoms with Crippen molar-refractivity contribution < 1.29 is 9.90 Å². The average Bonchev–Trinajstić information content (AvgIpc) is 2.98. The molecule has 22 heavy (non-hydrogen) atoms. The van der Waals surface area contributed by atoms with Crippen LogP contribution in [0, 0.1) is 0 Å². The lowest BCUT2D eigenvalue weighted by Gasteiger charge is -2.31. The van der Waals surface area contributed by atoms with E-state index in [1.165, 1.54) is 0 Å². The topological polar surface area (TPSA) is 65.5 Å². The van der Waals surface area contributed by atoms with Crippen molar-refractivity contribution in [1.82, 2.24) is 10.3 Å². The molecule has 2 heterocycles. The molecule has 1 aliphatic heterocycles. The lowest BCUT2D eigenvalue weighted by Crippen LogP contribution is -2.44. The molecule has 2 aromatic rings. The van der Waals surface area contributed by atoms with E-state index < -0.39 is 6.09 Å². The van der Waals surface area contributed by atoms with Crippen molar-refractivity contribution >= 4 is 38.5 Å². The highest BCUT2D eigenvalue weighted by Crippen LogP contribution is 2.29. The molecule has 1 fully saturated rings. The Morgan fingerprint density at radius 1 is 1.32 bits per heavy atom. The lowest BCUT2D eigenvalue weighted by atomic mass is 10.1. The zero-order chi connectivity index (χ0) is 15.5. The fourth-order valence-corrected chi connectivity index (χ4v) is 3.71. The van der Waals surface area contributed by atoms with E-state index >= 15 is 0 Å². The minimum atomic E-state index is -0.940. The summed E-state index contributed by atoms with van der Waals surface area (Å²) < 4.78 is 1.06. The first-order valence-corrected chi connectivity index (χ1v) is 8.75. The number of aromatic nitrogens is 1. The van der Waals surface area contributed by atoms with Gasteiger partial charge in [0.2, 0.25) is 0 Å². The van der Waals surface area contributed by atoms with Crippen molar-refractivity contribution in [2.75, 3.05) is 18.0 Å². The van der Waals surface area contributed by atoms with Crippen LogP contribution in [0.2, 0.25) is 0 Å². The Labute approximate surface area is 141 Å². The highest BCUT2D eigenvalue weighted by molar-refractivity contribution is 9.10. The summed E-state index contributed by atoms with van der Waals surface area (Å²) in [7, 11) is 0. The van der Waals surface area contributed by atoms with Gasteiger partial charge in [-0.15, -0.1) is 11.3 Å². The number of carbonyl (C=O) groups is 1. The summed E-state index contributed by atoms with van der Waals surface area (Å²) in [4.78, 5) is 17.6. The number of anilines is 1. The molecule has 0 unspecified atom stereocenters. The summed E-state index contributed by atoms with van der Waals surface area (Å²) in [5.74, 6) is 0. The van der Waals surface area contributed by atoms with E-state index in [0.29, 0.717) is 0 Å². The third-order valence-corrected chi connectivity index (χ3v) is 5.16. The predicted molar refractivity (Wildman–Crippen MR) is 91.6 cm³/mol. The normalized spacial score (nSPS) is 15.8. The number of benzene rings is 1. The molecule has 0 aliphatic carbocycles. The molecular formula is C15H16BrN3O2S. The number of hydrogen-bond donors (Lipinski definition) is 2. The number of halogens is 1. The zero-order valence-corrected chi connectivity index (χ0v) is 14.2. The standard InChI is InChI=1S/C15H16BrN3O2S/c16-11-3-1-10(2-4-11)13-9-22-14(18-13)19-7-5-12(6-8-19)17-15(20)21/h1-4,9,12,17H,5-8H2,(H,20,21). The number of nitrogens with one attached hydrogen (secondary N) is 1. The Morgan fingerprint density at radius 3 is 2.64 bits per heavy atom. The molecular weight excluding hydrogens is 366 g/mol. The van der Waals surface area contributed by atoms with Crippen LogP contribution >= 0.6 is 27.3 Å². The van der Waals surface area contributed by atoms with Crippen LogP contribution in [-0.4, -0.2) is 35.3 Å². The molecule has 5 nitrogen and oxygen atoms in total. The van der Waals surface area contributed by atoms with Crippen LogP contribution in [0.3, 0.4) is 0 Å². The average molecular weight is 382 g/mol. The van der Waals surface area contributed by atoms with Gasteiger partial charge in [0.25, 0.3) is 0 Å². The molecule has 1 aliphatic rings. The second kappa shape index (κ2) is 6.66. The van der Waals surface area contributed by atoms with Gasteiger partial charge in [0.05, 0.1) is 5.69 Å². The first-order valence-electron chi connectivity index (χ1n) is 7.08. The minimum absolute atomic E-state index is 0.0552. The van der Waals surface area contributed by atoms with E-state index in [-0.39, 0.29) is 6.04 Å². The van der Waals surface area contributed by atoms with Gasteiger partial charge in [-0.3, -0.25) is 0 Å². The maximum absolute atomic E-state index is 10.7. The van der Waals surface area contributed by atoms with Crippen LogP contribution in [-0.2, 0) is 0 Å². The molecule has 1 amide bonds. The van der Waals surface area contributed by atoms with Crippen LogP contribution in [0.1, 0.15) is 12.8 Å². The Kier molecular flexibility index (Phi) is 4.63. The number of piperidine rings is 1. The fourth-order valence-electron chi connectivity index (χ4n) is 2.55. The molecule has 0 bridgehead atoms. The summed E-state index contributed by atoms with van der Waals surface area (Å²) >= 11 is 5.07. The monoisotopic (exact) mass is 381 g/mol. The van der Waals surface area contributed by atoms with E-state index in [1.54, 1.807) is 11.3 Å². The number of thiazole rings is 1. The van der Waals surface area contributed by atoms with Crippen molar-refractivity contribution in [3.8, 4) is 11.3 Å². The SMILES string of the molecule is O=C(O)NC1CCN(c2nc(-c3ccc(Br)cc3)cs2)CC1. The highest BCUT2D eigenvalue weighted by Gasteiger charge is 2.22. The molecule has 0 radical (unpaired) electrons. The zero-order valence-electron chi connectivity index (χ0n) is 11.8. The number of amides is 1. The van der Waals surface area contributed by atoms with E-state index in [9.17, 15) is 4.79 Å². The van der Waals surface area contributed by atoms with Crippen LogP contribution < -0.4 is 10.2 Å². The molecule has 0 saturated carbocycles. The van der Waals surface area contributed by atoms with E-state index in [0.717, 1.165) is 46.8 Å². The molecule has 1 saturated heterocycles. The summed E-state index contributed by atoms with van der Waals surface area (Å²) in [5, 5.41) is 14.4. The maximum Gasteiger partial charge on any atom is 0.404 e. The third-order valence-electron chi connectivity index (χ3n) is 3.73. The largest absolute Gasteiger partial charge is 0.465 e. The van der Waals surface area contributed by atoms with Gasteiger partial charge in [-0.05, 0) is 25.0 Å². The van der Waals surface area contributed by atoms with Crippen molar-refractivity contribution in [3.05, 3.63) is 34.1 Å². The van der Waals surface area contributed by atoms with Crippen LogP contribution in [0.25, 0.3) is 11.3 Å². The molecule has 116 valence electrons. The Balaban J connectivity index is 1.65. The molecule has 7 heteroatoms. The first-order chi connectivity index (χ1) is 10.6. The number of hydrogen-bond acceptors (Lipinski definition) is 4. The summed E-state index contributed by atoms with van der Waals surface area (Å²) in [6.45, 7) is 1.66.